The Bertz CT molecular complexity index is 1470. The van der Waals surface area contributed by atoms with Gasteiger partial charge in [-0.15, -0.1) is 15.0 Å². The maximum atomic E-state index is 11.8. The molecule has 5 nitrogen and oxygen atoms in total. The van der Waals surface area contributed by atoms with Crippen molar-refractivity contribution in [2.24, 2.45) is 0 Å². The third-order valence-electron chi connectivity index (χ3n) is 6.34. The van der Waals surface area contributed by atoms with Crippen molar-refractivity contribution in [1.29, 1.82) is 0 Å². The highest BCUT2D eigenvalue weighted by molar-refractivity contribution is 6.08. The summed E-state index contributed by atoms with van der Waals surface area (Å²) in [6.07, 6.45) is 0. The summed E-state index contributed by atoms with van der Waals surface area (Å²) in [6.45, 7) is 12.8. The molecular formula is C33H35N3O2. The van der Waals surface area contributed by atoms with Crippen molar-refractivity contribution in [2.45, 2.75) is 52.4 Å². The second-order valence-corrected chi connectivity index (χ2v) is 11.4. The van der Waals surface area contributed by atoms with Crippen LogP contribution in [0.1, 0.15) is 68.6 Å². The van der Waals surface area contributed by atoms with E-state index in [-0.39, 0.29) is 22.4 Å². The van der Waals surface area contributed by atoms with Crippen molar-refractivity contribution in [3.63, 3.8) is 0 Å². The summed E-state index contributed by atoms with van der Waals surface area (Å²) in [5.41, 5.74) is 5.58. The Hall–Kier alpha value is -4.25. The number of hydrogen-bond acceptors (Lipinski definition) is 4. The zero-order valence-corrected chi connectivity index (χ0v) is 22.9. The first kappa shape index (κ1) is 26.8. The van der Waals surface area contributed by atoms with Crippen molar-refractivity contribution in [3.05, 3.63) is 119 Å². The number of phenols is 1. The van der Waals surface area contributed by atoms with Crippen LogP contribution in [0.2, 0.25) is 0 Å². The molecule has 0 fully saturated rings. The van der Waals surface area contributed by atoms with Crippen LogP contribution in [0.15, 0.2) is 97.1 Å². The van der Waals surface area contributed by atoms with Crippen LogP contribution in [-0.4, -0.2) is 25.9 Å². The molecule has 1 heterocycles. The molecule has 194 valence electrons. The quantitative estimate of drug-likeness (QED) is 0.256. The van der Waals surface area contributed by atoms with Gasteiger partial charge >= 0.3 is 0 Å². The molecule has 1 N–H and O–H groups in total. The van der Waals surface area contributed by atoms with Crippen molar-refractivity contribution in [2.75, 3.05) is 0 Å². The van der Waals surface area contributed by atoms with E-state index in [4.69, 9.17) is 0 Å². The highest BCUT2D eigenvalue weighted by atomic mass is 16.3. The molecule has 0 aliphatic rings. The van der Waals surface area contributed by atoms with E-state index in [1.165, 1.54) is 0 Å². The molecule has 0 atom stereocenters. The van der Waals surface area contributed by atoms with E-state index >= 15 is 0 Å². The molecule has 5 rings (SSSR count). The van der Waals surface area contributed by atoms with Crippen LogP contribution in [0.5, 0.6) is 5.75 Å². The van der Waals surface area contributed by atoms with Crippen LogP contribution in [0, 0.1) is 0 Å². The maximum absolute atomic E-state index is 11.8. The van der Waals surface area contributed by atoms with E-state index in [0.717, 1.165) is 33.3 Å². The molecule has 0 amide bonds. The fraction of sp³-hybridized carbons (Fsp3) is 0.242. The standard InChI is InChI=1S/C20H25N3O.C13H10O/c1-19(2,3)13-11-14(20(4,5)6)18(24)17(12-13)23-21-15-9-7-8-10-16(15)22-23;14-13(11-7-3-1-4-8-11)12-9-5-2-6-10-12/h7-12,24H,1-6H3;1-10H. The molecule has 0 spiro atoms. The third kappa shape index (κ3) is 6.00. The Morgan fingerprint density at radius 1 is 0.658 bits per heavy atom. The normalized spacial score (nSPS) is 11.6. The van der Waals surface area contributed by atoms with Crippen LogP contribution in [0.25, 0.3) is 16.7 Å². The number of phenolic OH excluding ortho intramolecular Hbond substituents is 1. The predicted octanol–water partition coefficient (Wildman–Crippen LogP) is 7.64. The highest BCUT2D eigenvalue weighted by Gasteiger charge is 2.26. The molecule has 0 aliphatic heterocycles. The summed E-state index contributed by atoms with van der Waals surface area (Å²) in [5.74, 6) is 0.321. The smallest absolute Gasteiger partial charge is 0.193 e. The molecule has 5 heteroatoms. The molecule has 1 aromatic heterocycles. The Kier molecular flexibility index (Phi) is 7.49. The first-order valence-corrected chi connectivity index (χ1v) is 12.8. The SMILES string of the molecule is CC(C)(C)c1cc(-n2nc3ccccc3n2)c(O)c(C(C)(C)C)c1.O=C(c1ccccc1)c1ccccc1. The zero-order valence-electron chi connectivity index (χ0n) is 22.9. The topological polar surface area (TPSA) is 68.0 Å². The van der Waals surface area contributed by atoms with Gasteiger partial charge in [-0.2, -0.15) is 0 Å². The van der Waals surface area contributed by atoms with Crippen molar-refractivity contribution >= 4 is 16.8 Å². The predicted molar refractivity (Wildman–Crippen MR) is 154 cm³/mol. The van der Waals surface area contributed by atoms with Gasteiger partial charge < -0.3 is 5.11 Å². The lowest BCUT2D eigenvalue weighted by Crippen LogP contribution is -2.18. The molecule has 0 radical (unpaired) electrons. The summed E-state index contributed by atoms with van der Waals surface area (Å²) in [5, 5.41) is 20.0. The second-order valence-electron chi connectivity index (χ2n) is 11.4. The largest absolute Gasteiger partial charge is 0.505 e. The molecule has 0 bridgehead atoms. The molecule has 4 aromatic carbocycles. The lowest BCUT2D eigenvalue weighted by molar-refractivity contribution is 0.103. The van der Waals surface area contributed by atoms with E-state index in [2.05, 4.69) is 57.8 Å². The second kappa shape index (κ2) is 10.6. The Morgan fingerprint density at radius 2 is 1.11 bits per heavy atom. The maximum Gasteiger partial charge on any atom is 0.193 e. The van der Waals surface area contributed by atoms with Gasteiger partial charge in [-0.05, 0) is 34.6 Å². The van der Waals surface area contributed by atoms with Crippen LogP contribution >= 0.6 is 0 Å². The van der Waals surface area contributed by atoms with E-state index < -0.39 is 0 Å². The lowest BCUT2D eigenvalue weighted by Gasteiger charge is -2.27. The van der Waals surface area contributed by atoms with Gasteiger partial charge in [0.05, 0.1) is 0 Å². The summed E-state index contributed by atoms with van der Waals surface area (Å²) in [4.78, 5) is 13.4. The molecule has 5 aromatic rings. The van der Waals surface area contributed by atoms with E-state index in [1.807, 2.05) is 91.0 Å². The number of benzene rings is 4. The van der Waals surface area contributed by atoms with Gasteiger partial charge in [-0.3, -0.25) is 4.79 Å². The van der Waals surface area contributed by atoms with Crippen LogP contribution < -0.4 is 0 Å². The minimum absolute atomic E-state index is 0.0327. The fourth-order valence-corrected chi connectivity index (χ4v) is 4.09. The number of rotatable bonds is 3. The highest BCUT2D eigenvalue weighted by Crippen LogP contribution is 2.39. The number of nitrogens with zero attached hydrogens (tertiary/aromatic N) is 3. The average molecular weight is 506 g/mol. The van der Waals surface area contributed by atoms with Crippen LogP contribution in [0.3, 0.4) is 0 Å². The summed E-state index contributed by atoms with van der Waals surface area (Å²) < 4.78 is 0. The minimum atomic E-state index is -0.174. The summed E-state index contributed by atoms with van der Waals surface area (Å²) in [6, 6.07) is 30.4. The molecule has 0 saturated heterocycles. The number of aromatic nitrogens is 3. The van der Waals surface area contributed by atoms with Gasteiger partial charge in [0.25, 0.3) is 0 Å². The molecule has 0 unspecified atom stereocenters. The van der Waals surface area contributed by atoms with Crippen LogP contribution in [0.4, 0.5) is 0 Å². The molecule has 38 heavy (non-hydrogen) atoms. The number of ketones is 1. The van der Waals surface area contributed by atoms with Gasteiger partial charge in [0.1, 0.15) is 22.5 Å². The number of carbonyl (C=O) groups is 1. The average Bonchev–Trinajstić information content (AvgIpc) is 3.32. The lowest BCUT2D eigenvalue weighted by atomic mass is 9.80. The molecule has 0 saturated carbocycles. The number of fused-ring (bicyclic) bond motifs is 1. The number of hydrogen-bond donors (Lipinski definition) is 1. The van der Waals surface area contributed by atoms with Gasteiger partial charge in [0.15, 0.2) is 5.78 Å². The van der Waals surface area contributed by atoms with Crippen molar-refractivity contribution in [3.8, 4) is 11.4 Å². The van der Waals surface area contributed by atoms with Gasteiger partial charge in [0, 0.05) is 16.7 Å². The Balaban J connectivity index is 0.000000204. The summed E-state index contributed by atoms with van der Waals surface area (Å²) in [7, 11) is 0. The van der Waals surface area contributed by atoms with E-state index in [1.54, 1.807) is 4.80 Å². The van der Waals surface area contributed by atoms with Crippen molar-refractivity contribution < 1.29 is 9.90 Å². The van der Waals surface area contributed by atoms with Gasteiger partial charge in [-0.25, -0.2) is 0 Å². The monoisotopic (exact) mass is 505 g/mol. The zero-order chi connectivity index (χ0) is 27.5. The van der Waals surface area contributed by atoms with Crippen molar-refractivity contribution in [1.82, 2.24) is 15.0 Å². The van der Waals surface area contributed by atoms with Gasteiger partial charge in [-0.1, -0.05) is 120 Å². The Morgan fingerprint density at radius 3 is 1.53 bits per heavy atom. The first-order valence-electron chi connectivity index (χ1n) is 12.8. The molecular weight excluding hydrogens is 470 g/mol. The summed E-state index contributed by atoms with van der Waals surface area (Å²) >= 11 is 0. The Labute approximate surface area is 224 Å². The number of aromatic hydroxyl groups is 1. The first-order chi connectivity index (χ1) is 17.9. The van der Waals surface area contributed by atoms with E-state index in [0.29, 0.717) is 5.69 Å². The minimum Gasteiger partial charge on any atom is -0.505 e. The van der Waals surface area contributed by atoms with Crippen LogP contribution in [-0.2, 0) is 10.8 Å². The van der Waals surface area contributed by atoms with E-state index in [9.17, 15) is 9.90 Å². The molecule has 0 aliphatic carbocycles. The number of carbonyl (C=O) groups excluding carboxylic acids is 1. The fourth-order valence-electron chi connectivity index (χ4n) is 4.09. The van der Waals surface area contributed by atoms with Gasteiger partial charge in [0.2, 0.25) is 0 Å². The third-order valence-corrected chi connectivity index (χ3v) is 6.34.